The van der Waals surface area contributed by atoms with Gasteiger partial charge in [-0.3, -0.25) is 5.10 Å². The van der Waals surface area contributed by atoms with E-state index in [1.807, 2.05) is 31.2 Å². The van der Waals surface area contributed by atoms with Crippen LogP contribution >= 0.6 is 23.4 Å². The van der Waals surface area contributed by atoms with Gasteiger partial charge in [0.2, 0.25) is 5.16 Å². The minimum absolute atomic E-state index is 0.0144. The van der Waals surface area contributed by atoms with Crippen molar-refractivity contribution < 1.29 is 28.8 Å². The molecule has 9 nitrogen and oxygen atoms in total. The van der Waals surface area contributed by atoms with Crippen LogP contribution in [0.25, 0.3) is 17.5 Å². The van der Waals surface area contributed by atoms with Crippen LogP contribution in [0.4, 0.5) is 0 Å². The van der Waals surface area contributed by atoms with E-state index in [4.69, 9.17) is 30.5 Å². The smallest absolute Gasteiger partial charge is 0.342 e. The SMILES string of the molecule is C=CCc1cc(/C=C(/Sc2n[nH]c(-c3cc(OC)cc(OC)c3)n2)C(=O)O)cc(OCC)c1OCc1ccccc1Cl. The summed E-state index contributed by atoms with van der Waals surface area (Å²) in [7, 11) is 3.11. The number of aliphatic carboxylic acids is 1. The van der Waals surface area contributed by atoms with E-state index in [2.05, 4.69) is 21.8 Å². The first-order valence-electron chi connectivity index (χ1n) is 12.9. The lowest BCUT2D eigenvalue weighted by molar-refractivity contribution is -0.131. The Bertz CT molecular complexity index is 1580. The predicted molar refractivity (Wildman–Crippen MR) is 164 cm³/mol. The van der Waals surface area contributed by atoms with Crippen molar-refractivity contribution in [3.63, 3.8) is 0 Å². The van der Waals surface area contributed by atoms with E-state index < -0.39 is 5.97 Å². The van der Waals surface area contributed by atoms with Gasteiger partial charge in [0.25, 0.3) is 0 Å². The molecule has 0 amide bonds. The number of ether oxygens (including phenoxy) is 4. The molecule has 2 N–H and O–H groups in total. The molecule has 0 saturated carbocycles. The van der Waals surface area contributed by atoms with E-state index in [-0.39, 0.29) is 16.7 Å². The summed E-state index contributed by atoms with van der Waals surface area (Å²) >= 11 is 7.24. The number of nitrogens with zero attached hydrogens (tertiary/aromatic N) is 2. The zero-order valence-corrected chi connectivity index (χ0v) is 24.9. The van der Waals surface area contributed by atoms with Crippen LogP contribution in [0.5, 0.6) is 23.0 Å². The summed E-state index contributed by atoms with van der Waals surface area (Å²) in [5.74, 6) is 1.51. The quantitative estimate of drug-likeness (QED) is 0.0882. The number of hydrogen-bond acceptors (Lipinski definition) is 8. The Morgan fingerprint density at radius 1 is 1.07 bits per heavy atom. The van der Waals surface area contributed by atoms with Crippen LogP contribution < -0.4 is 18.9 Å². The van der Waals surface area contributed by atoms with Gasteiger partial charge in [0.15, 0.2) is 17.3 Å². The first-order chi connectivity index (χ1) is 20.3. The number of aromatic nitrogens is 3. The second-order valence-electron chi connectivity index (χ2n) is 8.80. The number of carboxylic acid groups (broad SMARTS) is 1. The highest BCUT2D eigenvalue weighted by atomic mass is 35.5. The molecule has 1 heterocycles. The van der Waals surface area contributed by atoms with Crippen LogP contribution in [0.2, 0.25) is 5.02 Å². The topological polar surface area (TPSA) is 116 Å². The molecule has 42 heavy (non-hydrogen) atoms. The van der Waals surface area contributed by atoms with Crippen molar-refractivity contribution in [3.05, 3.63) is 93.9 Å². The van der Waals surface area contributed by atoms with Crippen molar-refractivity contribution in [1.82, 2.24) is 15.2 Å². The Morgan fingerprint density at radius 2 is 1.81 bits per heavy atom. The highest BCUT2D eigenvalue weighted by Gasteiger charge is 2.18. The van der Waals surface area contributed by atoms with Gasteiger partial charge < -0.3 is 24.1 Å². The summed E-state index contributed by atoms with van der Waals surface area (Å²) in [5.41, 5.74) is 2.90. The number of H-pyrrole nitrogens is 1. The van der Waals surface area contributed by atoms with Crippen LogP contribution in [0, 0.1) is 0 Å². The average Bonchev–Trinajstić information content (AvgIpc) is 3.46. The van der Waals surface area contributed by atoms with Gasteiger partial charge in [0, 0.05) is 27.8 Å². The third kappa shape index (κ3) is 7.65. The van der Waals surface area contributed by atoms with E-state index in [0.717, 1.165) is 22.9 Å². The molecule has 0 aliphatic rings. The molecule has 0 saturated heterocycles. The molecule has 0 unspecified atom stereocenters. The summed E-state index contributed by atoms with van der Waals surface area (Å²) < 4.78 is 22.7. The van der Waals surface area contributed by atoms with E-state index in [0.29, 0.717) is 58.0 Å². The number of halogens is 1. The van der Waals surface area contributed by atoms with Crippen LogP contribution in [-0.2, 0) is 17.8 Å². The number of carboxylic acids is 1. The molecule has 4 aromatic rings. The zero-order valence-electron chi connectivity index (χ0n) is 23.3. The van der Waals surface area contributed by atoms with Crippen LogP contribution in [0.3, 0.4) is 0 Å². The monoisotopic (exact) mass is 607 g/mol. The molecule has 4 rings (SSSR count). The van der Waals surface area contributed by atoms with Gasteiger partial charge in [0.05, 0.1) is 20.8 Å². The largest absolute Gasteiger partial charge is 0.497 e. The molecule has 0 aliphatic heterocycles. The van der Waals surface area contributed by atoms with Crippen molar-refractivity contribution in [2.75, 3.05) is 20.8 Å². The highest BCUT2D eigenvalue weighted by Crippen LogP contribution is 2.37. The Morgan fingerprint density at radius 3 is 2.45 bits per heavy atom. The third-order valence-electron chi connectivity index (χ3n) is 5.95. The molecule has 0 aliphatic carbocycles. The minimum atomic E-state index is -1.13. The standard InChI is InChI=1S/C31H30ClN3O6S/c1-5-9-20-12-19(13-26(40-6-2)28(20)41-18-21-10-7-8-11-25(21)32)14-27(30(36)37)42-31-33-29(34-35-31)22-15-23(38-3)17-24(16-22)39-4/h5,7-8,10-17H,1,6,9,18H2,2-4H3,(H,36,37)(H,33,34,35)/b27-14+. The Balaban J connectivity index is 1.65. The Labute approximate surface area is 253 Å². The second kappa shape index (κ2) is 14.5. The maximum absolute atomic E-state index is 12.3. The van der Waals surface area contributed by atoms with Gasteiger partial charge in [-0.2, -0.15) is 0 Å². The molecule has 3 aromatic carbocycles. The van der Waals surface area contributed by atoms with Gasteiger partial charge in [-0.15, -0.1) is 11.7 Å². The van der Waals surface area contributed by atoms with E-state index >= 15 is 0 Å². The molecule has 0 atom stereocenters. The lowest BCUT2D eigenvalue weighted by Crippen LogP contribution is -2.04. The number of hydrogen-bond donors (Lipinski definition) is 2. The number of aromatic amines is 1. The minimum Gasteiger partial charge on any atom is -0.497 e. The van der Waals surface area contributed by atoms with E-state index in [1.54, 1.807) is 56.7 Å². The second-order valence-corrected chi connectivity index (χ2v) is 10.2. The number of thioether (sulfide) groups is 1. The number of nitrogens with one attached hydrogen (secondary N) is 1. The molecule has 1 aromatic heterocycles. The molecule has 218 valence electrons. The molecule has 0 spiro atoms. The lowest BCUT2D eigenvalue weighted by Gasteiger charge is -2.17. The van der Waals surface area contributed by atoms with Crippen molar-refractivity contribution in [3.8, 4) is 34.4 Å². The summed E-state index contributed by atoms with van der Waals surface area (Å²) in [4.78, 5) is 16.7. The first kappa shape index (κ1) is 30.5. The summed E-state index contributed by atoms with van der Waals surface area (Å²) in [6.45, 7) is 6.35. The van der Waals surface area contributed by atoms with Crippen molar-refractivity contribution in [2.45, 2.75) is 25.1 Å². The molecular formula is C31H30ClN3O6S. The zero-order chi connectivity index (χ0) is 30.1. The van der Waals surface area contributed by atoms with E-state index in [1.165, 1.54) is 0 Å². The Hall–Kier alpha value is -4.41. The number of rotatable bonds is 14. The van der Waals surface area contributed by atoms with Crippen LogP contribution in [-0.4, -0.2) is 47.1 Å². The van der Waals surface area contributed by atoms with Crippen LogP contribution in [0.1, 0.15) is 23.6 Å². The average molecular weight is 608 g/mol. The molecule has 0 fully saturated rings. The molecule has 0 radical (unpaired) electrons. The number of allylic oxidation sites excluding steroid dienone is 1. The van der Waals surface area contributed by atoms with Crippen LogP contribution in [0.15, 0.2) is 77.3 Å². The van der Waals surface area contributed by atoms with Gasteiger partial charge in [-0.1, -0.05) is 35.9 Å². The number of methoxy groups -OCH3 is 2. The maximum atomic E-state index is 12.3. The van der Waals surface area contributed by atoms with Crippen molar-refractivity contribution >= 4 is 35.4 Å². The fourth-order valence-electron chi connectivity index (χ4n) is 4.02. The molecule has 0 bridgehead atoms. The molecular weight excluding hydrogens is 578 g/mol. The number of benzene rings is 3. The maximum Gasteiger partial charge on any atom is 0.342 e. The lowest BCUT2D eigenvalue weighted by atomic mass is 10.0. The summed E-state index contributed by atoms with van der Waals surface area (Å²) in [6.07, 6.45) is 3.77. The van der Waals surface area contributed by atoms with Crippen molar-refractivity contribution in [1.29, 1.82) is 0 Å². The Kier molecular flexibility index (Phi) is 10.5. The summed E-state index contributed by atoms with van der Waals surface area (Å²) in [6, 6.07) is 16.3. The number of carbonyl (C=O) groups is 1. The third-order valence-corrected chi connectivity index (χ3v) is 7.19. The van der Waals surface area contributed by atoms with Crippen molar-refractivity contribution in [2.24, 2.45) is 0 Å². The van der Waals surface area contributed by atoms with Gasteiger partial charge in [-0.05, 0) is 67.1 Å². The summed E-state index contributed by atoms with van der Waals surface area (Å²) in [5, 5.41) is 17.9. The fourth-order valence-corrected chi connectivity index (χ4v) is 4.91. The fraction of sp³-hybridized carbons (Fsp3) is 0.194. The van der Waals surface area contributed by atoms with E-state index in [9.17, 15) is 9.90 Å². The first-order valence-corrected chi connectivity index (χ1v) is 14.1. The van der Waals surface area contributed by atoms with Gasteiger partial charge >= 0.3 is 5.97 Å². The van der Waals surface area contributed by atoms with Gasteiger partial charge in [-0.25, -0.2) is 9.78 Å². The normalized spacial score (nSPS) is 11.2. The highest BCUT2D eigenvalue weighted by molar-refractivity contribution is 8.04. The molecule has 11 heteroatoms. The predicted octanol–water partition coefficient (Wildman–Crippen LogP) is 7.07. The van der Waals surface area contributed by atoms with Gasteiger partial charge in [0.1, 0.15) is 23.0 Å².